The van der Waals surface area contributed by atoms with Gasteiger partial charge in [0.2, 0.25) is 5.91 Å². The van der Waals surface area contributed by atoms with E-state index in [0.717, 1.165) is 19.4 Å². The monoisotopic (exact) mass is 561 g/mol. The molecule has 13 nitrogen and oxygen atoms in total. The number of amides is 2. The molecular weight excluding hydrogens is 526 g/mol. The largest absolute Gasteiger partial charge is 0.463 e. The van der Waals surface area contributed by atoms with Crippen LogP contribution in [-0.2, 0) is 47.8 Å². The van der Waals surface area contributed by atoms with Crippen molar-refractivity contribution in [1.29, 1.82) is 0 Å². The lowest BCUT2D eigenvalue weighted by Crippen LogP contribution is -2.66. The van der Waals surface area contributed by atoms with E-state index >= 15 is 0 Å². The van der Waals surface area contributed by atoms with Gasteiger partial charge in [0.05, 0.1) is 5.69 Å². The highest BCUT2D eigenvalue weighted by Gasteiger charge is 2.52. The molecule has 13 heteroatoms. The van der Waals surface area contributed by atoms with Crippen LogP contribution in [0.2, 0.25) is 0 Å². The molecule has 0 bridgehead atoms. The Bertz CT molecular complexity index is 1200. The number of oxime groups is 1. The third kappa shape index (κ3) is 7.34. The van der Waals surface area contributed by atoms with Crippen molar-refractivity contribution in [2.24, 2.45) is 11.1 Å². The van der Waals surface area contributed by atoms with E-state index in [1.54, 1.807) is 4.90 Å². The molecule has 1 N–H and O–H groups in total. The van der Waals surface area contributed by atoms with Crippen LogP contribution in [0.4, 0.5) is 5.69 Å². The Morgan fingerprint density at radius 3 is 2.25 bits per heavy atom. The number of nitrogens with one attached hydrogen (secondary N) is 1. The number of fused-ring (bicyclic) bond motifs is 1. The highest BCUT2D eigenvalue weighted by atomic mass is 16.8. The van der Waals surface area contributed by atoms with Crippen molar-refractivity contribution in [2.75, 3.05) is 18.1 Å². The van der Waals surface area contributed by atoms with E-state index in [4.69, 9.17) is 23.8 Å². The third-order valence-electron chi connectivity index (χ3n) is 6.01. The molecule has 40 heavy (non-hydrogen) atoms. The van der Waals surface area contributed by atoms with E-state index < -0.39 is 61.1 Å². The first-order valence-electron chi connectivity index (χ1n) is 12.9. The molecule has 3 rings (SSSR count). The summed E-state index contributed by atoms with van der Waals surface area (Å²) < 4.78 is 21.9. The lowest BCUT2D eigenvalue weighted by atomic mass is 9.96. The summed E-state index contributed by atoms with van der Waals surface area (Å²) in [7, 11) is 0. The van der Waals surface area contributed by atoms with Crippen LogP contribution in [0.25, 0.3) is 0 Å². The van der Waals surface area contributed by atoms with Gasteiger partial charge in [-0.25, -0.2) is 0 Å². The third-order valence-corrected chi connectivity index (χ3v) is 6.01. The first kappa shape index (κ1) is 30.5. The number of carbonyl (C=O) groups excluding carboxylic acids is 5. The molecule has 5 atom stereocenters. The number of anilines is 1. The Morgan fingerprint density at radius 1 is 1.02 bits per heavy atom. The molecule has 0 radical (unpaired) electrons. The number of hydrogen-bond donors (Lipinski definition) is 1. The number of aryl methyl sites for hydroxylation is 1. The molecule has 2 heterocycles. The highest BCUT2D eigenvalue weighted by molar-refractivity contribution is 6.54. The second-order valence-electron chi connectivity index (χ2n) is 10.1. The molecule has 2 aliphatic heterocycles. The van der Waals surface area contributed by atoms with Gasteiger partial charge >= 0.3 is 17.9 Å². The van der Waals surface area contributed by atoms with Crippen molar-refractivity contribution in [3.8, 4) is 0 Å². The molecule has 1 aromatic carbocycles. The highest BCUT2D eigenvalue weighted by Crippen LogP contribution is 2.32. The van der Waals surface area contributed by atoms with Gasteiger partial charge in [-0.3, -0.25) is 24.0 Å². The molecule has 2 aliphatic rings. The Morgan fingerprint density at radius 2 is 1.68 bits per heavy atom. The molecule has 2 amide bonds. The predicted molar refractivity (Wildman–Crippen MR) is 140 cm³/mol. The minimum atomic E-state index is -1.44. The molecule has 0 aromatic heterocycles. The number of nitrogens with zero attached hydrogens (tertiary/aromatic N) is 2. The molecule has 218 valence electrons. The Balaban J connectivity index is 2.03. The molecule has 1 saturated heterocycles. The Labute approximate surface area is 232 Å². The fraction of sp³-hybridized carbons (Fsp3) is 0.556. The second-order valence-corrected chi connectivity index (χ2v) is 10.1. The zero-order valence-corrected chi connectivity index (χ0v) is 23.6. The maximum Gasteiger partial charge on any atom is 0.303 e. The quantitative estimate of drug-likeness (QED) is 0.265. The first-order chi connectivity index (χ1) is 18.8. The van der Waals surface area contributed by atoms with E-state index in [1.807, 2.05) is 39.0 Å². The van der Waals surface area contributed by atoms with Gasteiger partial charge in [-0.05, 0) is 25.0 Å². The Hall–Kier alpha value is -4.00. The van der Waals surface area contributed by atoms with Crippen molar-refractivity contribution in [3.05, 3.63) is 29.3 Å². The second kappa shape index (κ2) is 12.9. The summed E-state index contributed by atoms with van der Waals surface area (Å²) in [5.41, 5.74) is 2.15. The molecule has 1 aromatic rings. The van der Waals surface area contributed by atoms with Crippen molar-refractivity contribution in [2.45, 2.75) is 79.1 Å². The number of benzene rings is 1. The van der Waals surface area contributed by atoms with Crippen LogP contribution in [0.3, 0.4) is 0 Å². The first-order valence-corrected chi connectivity index (χ1v) is 12.9. The summed E-state index contributed by atoms with van der Waals surface area (Å²) in [6, 6.07) is 4.31. The molecule has 0 spiro atoms. The Kier molecular flexibility index (Phi) is 9.85. The summed E-state index contributed by atoms with van der Waals surface area (Å²) in [6.07, 6.45) is -5.19. The topological polar surface area (TPSA) is 159 Å². The van der Waals surface area contributed by atoms with Crippen molar-refractivity contribution in [1.82, 2.24) is 5.32 Å². The van der Waals surface area contributed by atoms with Crippen LogP contribution in [0.15, 0.2) is 23.4 Å². The van der Waals surface area contributed by atoms with E-state index in [9.17, 15) is 24.0 Å². The van der Waals surface area contributed by atoms with Gasteiger partial charge < -0.3 is 34.0 Å². The van der Waals surface area contributed by atoms with Crippen molar-refractivity contribution in [3.63, 3.8) is 0 Å². The van der Waals surface area contributed by atoms with Crippen LogP contribution in [0.1, 0.15) is 52.7 Å². The summed E-state index contributed by atoms with van der Waals surface area (Å²) in [6.45, 7) is 10.6. The van der Waals surface area contributed by atoms with Crippen LogP contribution in [0.5, 0.6) is 0 Å². The van der Waals surface area contributed by atoms with Gasteiger partial charge in [-0.15, -0.1) is 0 Å². The van der Waals surface area contributed by atoms with Crippen LogP contribution < -0.4 is 10.2 Å². The average molecular weight is 562 g/mol. The molecule has 0 unspecified atom stereocenters. The fourth-order valence-corrected chi connectivity index (χ4v) is 4.55. The molecule has 0 saturated carbocycles. The number of carbonyl (C=O) groups is 5. The van der Waals surface area contributed by atoms with Gasteiger partial charge in [0, 0.05) is 39.8 Å². The zero-order chi connectivity index (χ0) is 29.7. The lowest BCUT2D eigenvalue weighted by Gasteiger charge is -2.43. The van der Waals surface area contributed by atoms with E-state index in [1.165, 1.54) is 13.8 Å². The number of ether oxygens (including phenoxy) is 4. The van der Waals surface area contributed by atoms with Gasteiger partial charge in [0.25, 0.3) is 12.2 Å². The number of hydrogen-bond acceptors (Lipinski definition) is 11. The SMILES string of the molecule is CC(=O)N[C@@H]1[C@H](O/N=C2/C(=O)N(CC(C)C)c3ccc(C)cc32)O[C@@H](COC(C)=O)[C@@H](OC(C)=O)[C@H]1OC(C)=O. The van der Waals surface area contributed by atoms with Gasteiger partial charge in [-0.1, -0.05) is 30.6 Å². The lowest BCUT2D eigenvalue weighted by molar-refractivity contribution is -0.278. The van der Waals surface area contributed by atoms with Crippen LogP contribution in [0, 0.1) is 12.8 Å². The van der Waals surface area contributed by atoms with Gasteiger partial charge in [0.15, 0.2) is 17.9 Å². The van der Waals surface area contributed by atoms with E-state index in [-0.39, 0.29) is 17.5 Å². The number of rotatable bonds is 9. The van der Waals surface area contributed by atoms with Crippen molar-refractivity contribution >= 4 is 41.1 Å². The standard InChI is InChI=1S/C27H35N3O10/c1-13(2)11-30-20-9-8-14(3)10-19(20)22(26(30)35)29-40-27-23(28-15(4)31)25(38-18(7)34)24(37-17(6)33)21(39-27)12-36-16(5)32/h8-10,13,21,23-25,27H,11-12H2,1-7H3,(H,28,31)/b29-22+/t21-,23-,24+,25-,27-/m0/s1. The molecule has 0 aliphatic carbocycles. The van der Waals surface area contributed by atoms with Gasteiger partial charge in [-0.2, -0.15) is 0 Å². The van der Waals surface area contributed by atoms with Crippen molar-refractivity contribution < 1.29 is 47.8 Å². The minimum Gasteiger partial charge on any atom is -0.463 e. The van der Waals surface area contributed by atoms with Gasteiger partial charge in [0.1, 0.15) is 18.8 Å². The fourth-order valence-electron chi connectivity index (χ4n) is 4.55. The zero-order valence-electron chi connectivity index (χ0n) is 23.6. The minimum absolute atomic E-state index is 0.0206. The molecule has 1 fully saturated rings. The summed E-state index contributed by atoms with van der Waals surface area (Å²) >= 11 is 0. The van der Waals surface area contributed by atoms with E-state index in [0.29, 0.717) is 17.8 Å². The summed E-state index contributed by atoms with van der Waals surface area (Å²) in [5, 5.41) is 6.74. The smallest absolute Gasteiger partial charge is 0.303 e. The normalized spacial score (nSPS) is 24.9. The maximum absolute atomic E-state index is 13.4. The molecular formula is C27H35N3O10. The average Bonchev–Trinajstić information content (AvgIpc) is 3.08. The summed E-state index contributed by atoms with van der Waals surface area (Å²) in [5.74, 6) is -2.84. The number of esters is 3. The van der Waals surface area contributed by atoms with Crippen LogP contribution in [-0.4, -0.2) is 79.2 Å². The van der Waals surface area contributed by atoms with E-state index in [2.05, 4.69) is 10.5 Å². The maximum atomic E-state index is 13.4. The summed E-state index contributed by atoms with van der Waals surface area (Å²) in [4.78, 5) is 68.3. The van der Waals surface area contributed by atoms with Crippen LogP contribution >= 0.6 is 0 Å². The predicted octanol–water partition coefficient (Wildman–Crippen LogP) is 1.37.